The lowest BCUT2D eigenvalue weighted by atomic mass is 9.87. The van der Waals surface area contributed by atoms with E-state index in [0.717, 1.165) is 57.4 Å². The van der Waals surface area contributed by atoms with E-state index in [4.69, 9.17) is 9.72 Å². The van der Waals surface area contributed by atoms with Gasteiger partial charge in [-0.3, -0.25) is 4.79 Å². The Labute approximate surface area is 175 Å². The molecule has 2 aromatic heterocycles. The van der Waals surface area contributed by atoms with E-state index in [9.17, 15) is 9.90 Å². The van der Waals surface area contributed by atoms with Gasteiger partial charge < -0.3 is 9.84 Å². The number of aromatic nitrogens is 1. The third-order valence-electron chi connectivity index (χ3n) is 5.72. The molecule has 1 N–H and O–H groups in total. The molecule has 1 aromatic carbocycles. The van der Waals surface area contributed by atoms with Crippen LogP contribution >= 0.6 is 11.3 Å². The lowest BCUT2D eigenvalue weighted by Gasteiger charge is -2.23. The highest BCUT2D eigenvalue weighted by Gasteiger charge is 2.30. The number of phenols is 1. The number of rotatable bonds is 5. The Morgan fingerprint density at radius 1 is 1.28 bits per heavy atom. The van der Waals surface area contributed by atoms with Gasteiger partial charge in [-0.15, -0.1) is 11.3 Å². The van der Waals surface area contributed by atoms with E-state index in [0.29, 0.717) is 6.61 Å². The Bertz CT molecular complexity index is 1100. The maximum atomic E-state index is 12.6. The molecule has 1 aliphatic carbocycles. The molecule has 0 bridgehead atoms. The second kappa shape index (κ2) is 7.88. The summed E-state index contributed by atoms with van der Waals surface area (Å²) in [6, 6.07) is 5.74. The fraction of sp³-hybridized carbons (Fsp3) is 0.417. The van der Waals surface area contributed by atoms with Crippen molar-refractivity contribution in [1.82, 2.24) is 4.98 Å². The van der Waals surface area contributed by atoms with Gasteiger partial charge in [0.05, 0.1) is 0 Å². The summed E-state index contributed by atoms with van der Waals surface area (Å²) in [6.07, 6.45) is 3.76. The predicted molar refractivity (Wildman–Crippen MR) is 118 cm³/mol. The summed E-state index contributed by atoms with van der Waals surface area (Å²) in [5.74, 6) is 0.181. The van der Waals surface area contributed by atoms with Gasteiger partial charge in [0.15, 0.2) is 5.78 Å². The SMILES string of the molecule is CCO[C@H](C(C)=O)c1c(C)nc2sc3c(c2c1-c1ccc(C)cc1O)CCCC3. The highest BCUT2D eigenvalue weighted by atomic mass is 32.1. The quantitative estimate of drug-likeness (QED) is 0.576. The molecule has 0 spiro atoms. The Morgan fingerprint density at radius 2 is 2.03 bits per heavy atom. The number of phenolic OH excluding ortho intramolecular Hbond substituents is 1. The molecule has 0 radical (unpaired) electrons. The van der Waals surface area contributed by atoms with E-state index in [1.54, 1.807) is 24.3 Å². The van der Waals surface area contributed by atoms with Crippen LogP contribution in [0.1, 0.15) is 60.1 Å². The van der Waals surface area contributed by atoms with Gasteiger partial charge in [-0.2, -0.15) is 0 Å². The zero-order valence-corrected chi connectivity index (χ0v) is 18.3. The fourth-order valence-corrected chi connectivity index (χ4v) is 5.76. The van der Waals surface area contributed by atoms with E-state index in [1.165, 1.54) is 16.9 Å². The van der Waals surface area contributed by atoms with Crippen LogP contribution < -0.4 is 0 Å². The molecular weight excluding hydrogens is 382 g/mol. The van der Waals surface area contributed by atoms with Gasteiger partial charge >= 0.3 is 0 Å². The molecule has 1 aliphatic rings. The summed E-state index contributed by atoms with van der Waals surface area (Å²) in [6.45, 7) is 7.79. The average Bonchev–Trinajstić information content (AvgIpc) is 3.03. The maximum absolute atomic E-state index is 12.6. The molecular formula is C24H27NO3S. The molecule has 4 nitrogen and oxygen atoms in total. The van der Waals surface area contributed by atoms with Gasteiger partial charge in [-0.1, -0.05) is 12.1 Å². The van der Waals surface area contributed by atoms with Crippen LogP contribution in [-0.4, -0.2) is 22.5 Å². The second-order valence-corrected chi connectivity index (χ2v) is 8.93. The number of aryl methyl sites for hydroxylation is 4. The van der Waals surface area contributed by atoms with Crippen LogP contribution in [-0.2, 0) is 22.4 Å². The number of benzene rings is 1. The summed E-state index contributed by atoms with van der Waals surface area (Å²) < 4.78 is 5.90. The number of fused-ring (bicyclic) bond motifs is 3. The van der Waals surface area contributed by atoms with Crippen LogP contribution in [0.2, 0.25) is 0 Å². The normalized spacial score (nSPS) is 14.8. The number of carbonyl (C=O) groups is 1. The summed E-state index contributed by atoms with van der Waals surface area (Å²) in [7, 11) is 0. The predicted octanol–water partition coefficient (Wildman–Crippen LogP) is 5.83. The van der Waals surface area contributed by atoms with E-state index in [2.05, 4.69) is 0 Å². The molecule has 1 atom stereocenters. The number of thiophene rings is 1. The summed E-state index contributed by atoms with van der Waals surface area (Å²) in [4.78, 5) is 19.8. The highest BCUT2D eigenvalue weighted by molar-refractivity contribution is 7.19. The number of pyridine rings is 1. The van der Waals surface area contributed by atoms with Gasteiger partial charge in [0.2, 0.25) is 0 Å². The molecule has 0 aliphatic heterocycles. The minimum Gasteiger partial charge on any atom is -0.507 e. The van der Waals surface area contributed by atoms with Crippen LogP contribution in [0, 0.1) is 13.8 Å². The van der Waals surface area contributed by atoms with Crippen LogP contribution in [0.3, 0.4) is 0 Å². The summed E-state index contributed by atoms with van der Waals surface area (Å²) in [5.41, 5.74) is 5.57. The number of ether oxygens (including phenoxy) is 1. The van der Waals surface area contributed by atoms with Crippen molar-refractivity contribution in [2.75, 3.05) is 6.61 Å². The first-order valence-corrected chi connectivity index (χ1v) is 11.1. The van der Waals surface area contributed by atoms with Gasteiger partial charge in [-0.05, 0) is 70.6 Å². The largest absolute Gasteiger partial charge is 0.507 e. The molecule has 29 heavy (non-hydrogen) atoms. The van der Waals surface area contributed by atoms with Crippen LogP contribution in [0.4, 0.5) is 0 Å². The Kier molecular flexibility index (Phi) is 5.45. The van der Waals surface area contributed by atoms with Crippen LogP contribution in [0.25, 0.3) is 21.3 Å². The fourth-order valence-electron chi connectivity index (χ4n) is 4.44. The lowest BCUT2D eigenvalue weighted by Crippen LogP contribution is -2.16. The smallest absolute Gasteiger partial charge is 0.163 e. The lowest BCUT2D eigenvalue weighted by molar-refractivity contribution is -0.128. The van der Waals surface area contributed by atoms with Crippen molar-refractivity contribution < 1.29 is 14.6 Å². The zero-order valence-electron chi connectivity index (χ0n) is 17.5. The number of carbonyl (C=O) groups excluding carboxylic acids is 1. The molecule has 152 valence electrons. The molecule has 0 unspecified atom stereocenters. The Morgan fingerprint density at radius 3 is 2.72 bits per heavy atom. The Balaban J connectivity index is 2.13. The number of hydrogen-bond acceptors (Lipinski definition) is 5. The number of nitrogens with zero attached hydrogens (tertiary/aromatic N) is 1. The second-order valence-electron chi connectivity index (χ2n) is 7.84. The molecule has 0 saturated carbocycles. The van der Waals surface area contributed by atoms with Gasteiger partial charge in [-0.25, -0.2) is 4.98 Å². The first-order valence-electron chi connectivity index (χ1n) is 10.3. The first kappa shape index (κ1) is 20.0. The van der Waals surface area contributed by atoms with Crippen molar-refractivity contribution in [3.05, 3.63) is 45.5 Å². The van der Waals surface area contributed by atoms with Crippen molar-refractivity contribution >= 4 is 27.3 Å². The van der Waals surface area contributed by atoms with Crippen LogP contribution in [0.15, 0.2) is 18.2 Å². The van der Waals surface area contributed by atoms with Gasteiger partial charge in [0.1, 0.15) is 16.7 Å². The van der Waals surface area contributed by atoms with E-state index in [1.807, 2.05) is 32.9 Å². The number of aromatic hydroxyl groups is 1. The van der Waals surface area contributed by atoms with Crippen molar-refractivity contribution in [2.45, 2.75) is 59.5 Å². The van der Waals surface area contributed by atoms with E-state index < -0.39 is 6.10 Å². The molecule has 0 saturated heterocycles. The minimum absolute atomic E-state index is 0.0481. The zero-order chi connectivity index (χ0) is 20.7. The van der Waals surface area contributed by atoms with Crippen molar-refractivity contribution in [2.24, 2.45) is 0 Å². The molecule has 3 aromatic rings. The Hall–Kier alpha value is -2.24. The monoisotopic (exact) mass is 409 g/mol. The summed E-state index contributed by atoms with van der Waals surface area (Å²) in [5, 5.41) is 12.0. The van der Waals surface area contributed by atoms with E-state index in [-0.39, 0.29) is 11.5 Å². The molecule has 2 heterocycles. The average molecular weight is 410 g/mol. The number of Topliss-reactive ketones (excluding diaryl/α,β-unsaturated/α-hetero) is 1. The van der Waals surface area contributed by atoms with Crippen molar-refractivity contribution in [3.8, 4) is 16.9 Å². The number of hydrogen-bond donors (Lipinski definition) is 1. The molecule has 4 rings (SSSR count). The first-order chi connectivity index (χ1) is 13.9. The third kappa shape index (κ3) is 3.47. The van der Waals surface area contributed by atoms with Crippen LogP contribution in [0.5, 0.6) is 5.75 Å². The third-order valence-corrected chi connectivity index (χ3v) is 6.90. The van der Waals surface area contributed by atoms with Gasteiger partial charge in [0.25, 0.3) is 0 Å². The number of ketones is 1. The van der Waals surface area contributed by atoms with Crippen molar-refractivity contribution in [3.63, 3.8) is 0 Å². The van der Waals surface area contributed by atoms with Crippen molar-refractivity contribution in [1.29, 1.82) is 0 Å². The maximum Gasteiger partial charge on any atom is 0.163 e. The minimum atomic E-state index is -0.688. The van der Waals surface area contributed by atoms with E-state index >= 15 is 0 Å². The molecule has 0 amide bonds. The molecule has 0 fully saturated rings. The topological polar surface area (TPSA) is 59.4 Å². The van der Waals surface area contributed by atoms with Gasteiger partial charge in [0, 0.05) is 39.3 Å². The molecule has 5 heteroatoms. The summed E-state index contributed by atoms with van der Waals surface area (Å²) >= 11 is 1.76. The highest BCUT2D eigenvalue weighted by Crippen LogP contribution is 2.47. The standard InChI is InChI=1S/C24H27NO3S/c1-5-28-23(15(4)26)20-14(3)25-24-22(17-8-6-7-9-19(17)29-24)21(20)16-11-10-13(2)12-18(16)27/h10-12,23,27H,5-9H2,1-4H3/t23-/m1/s1.